The highest BCUT2D eigenvalue weighted by molar-refractivity contribution is 6.02. The van der Waals surface area contributed by atoms with Crippen LogP contribution in [0.3, 0.4) is 0 Å². The molecule has 0 aromatic heterocycles. The Morgan fingerprint density at radius 3 is 2.38 bits per heavy atom. The van der Waals surface area contributed by atoms with Crippen LogP contribution in [0.25, 0.3) is 0 Å². The number of ether oxygens (including phenoxy) is 1. The van der Waals surface area contributed by atoms with Gasteiger partial charge >= 0.3 is 11.9 Å². The molecular weight excluding hydrogens is 208 g/mol. The molecular formula is C12H14O4. The first-order valence-electron chi connectivity index (χ1n) is 5.09. The third-order valence-electron chi connectivity index (χ3n) is 2.26. The lowest BCUT2D eigenvalue weighted by Crippen LogP contribution is -2.17. The molecule has 0 aliphatic rings. The fourth-order valence-electron chi connectivity index (χ4n) is 1.18. The van der Waals surface area contributed by atoms with Gasteiger partial charge in [0.05, 0.1) is 17.2 Å². The lowest BCUT2D eigenvalue weighted by atomic mass is 10.1. The number of carbonyl (C=O) groups is 2. The second-order valence-corrected chi connectivity index (χ2v) is 3.47. The minimum atomic E-state index is -1.13. The van der Waals surface area contributed by atoms with Crippen molar-refractivity contribution in [2.45, 2.75) is 26.4 Å². The number of hydrogen-bond acceptors (Lipinski definition) is 3. The Morgan fingerprint density at radius 1 is 1.31 bits per heavy atom. The monoisotopic (exact) mass is 222 g/mol. The minimum absolute atomic E-state index is 0.0317. The molecule has 0 unspecified atom stereocenters. The van der Waals surface area contributed by atoms with Crippen LogP contribution in [0.2, 0.25) is 0 Å². The highest BCUT2D eigenvalue weighted by Crippen LogP contribution is 2.12. The van der Waals surface area contributed by atoms with E-state index in [9.17, 15) is 9.59 Å². The molecule has 16 heavy (non-hydrogen) atoms. The van der Waals surface area contributed by atoms with Gasteiger partial charge in [0.25, 0.3) is 0 Å². The fraction of sp³-hybridized carbons (Fsp3) is 0.333. The van der Waals surface area contributed by atoms with Gasteiger partial charge in [-0.05, 0) is 25.5 Å². The lowest BCUT2D eigenvalue weighted by Gasteiger charge is -2.11. The maximum Gasteiger partial charge on any atom is 0.339 e. The molecule has 0 saturated carbocycles. The average Bonchev–Trinajstić information content (AvgIpc) is 2.28. The van der Waals surface area contributed by atoms with E-state index in [4.69, 9.17) is 9.84 Å². The van der Waals surface area contributed by atoms with E-state index < -0.39 is 11.9 Å². The topological polar surface area (TPSA) is 63.6 Å². The average molecular weight is 222 g/mol. The maximum atomic E-state index is 11.7. The zero-order valence-electron chi connectivity index (χ0n) is 9.27. The predicted molar refractivity (Wildman–Crippen MR) is 58.6 cm³/mol. The summed E-state index contributed by atoms with van der Waals surface area (Å²) >= 11 is 0. The molecule has 1 rings (SSSR count). The molecule has 0 radical (unpaired) electrons. The molecule has 0 spiro atoms. The number of aromatic carboxylic acids is 1. The Bertz CT molecular complexity index is 398. The van der Waals surface area contributed by atoms with Gasteiger partial charge < -0.3 is 9.84 Å². The largest absolute Gasteiger partial charge is 0.478 e. The van der Waals surface area contributed by atoms with Crippen molar-refractivity contribution in [1.82, 2.24) is 0 Å². The number of hydrogen-bond donors (Lipinski definition) is 1. The normalized spacial score (nSPS) is 11.9. The number of carboxylic acids is 1. The zero-order valence-corrected chi connectivity index (χ0v) is 9.27. The van der Waals surface area contributed by atoms with Crippen molar-refractivity contribution in [3.8, 4) is 0 Å². The van der Waals surface area contributed by atoms with Gasteiger partial charge in [-0.1, -0.05) is 19.1 Å². The van der Waals surface area contributed by atoms with Gasteiger partial charge in [0, 0.05) is 0 Å². The standard InChI is InChI=1S/C12H14O4/c1-3-8(2)16-12(15)10-7-5-4-6-9(10)11(13)14/h4-8H,3H2,1-2H3,(H,13,14)/t8-/m0/s1. The van der Waals surface area contributed by atoms with E-state index in [0.717, 1.165) is 0 Å². The summed E-state index contributed by atoms with van der Waals surface area (Å²) in [4.78, 5) is 22.5. The number of carboxylic acid groups (broad SMARTS) is 1. The smallest absolute Gasteiger partial charge is 0.339 e. The van der Waals surface area contributed by atoms with Crippen molar-refractivity contribution in [3.63, 3.8) is 0 Å². The summed E-state index contributed by atoms with van der Waals surface area (Å²) in [6.07, 6.45) is 0.482. The van der Waals surface area contributed by atoms with Crippen LogP contribution in [-0.4, -0.2) is 23.1 Å². The van der Waals surface area contributed by atoms with Crippen molar-refractivity contribution >= 4 is 11.9 Å². The van der Waals surface area contributed by atoms with Crippen LogP contribution in [0.15, 0.2) is 24.3 Å². The Hall–Kier alpha value is -1.84. The van der Waals surface area contributed by atoms with Gasteiger partial charge in [0.15, 0.2) is 0 Å². The first-order chi connectivity index (χ1) is 7.56. The number of esters is 1. The van der Waals surface area contributed by atoms with Gasteiger partial charge in [-0.25, -0.2) is 9.59 Å². The molecule has 1 aromatic rings. The van der Waals surface area contributed by atoms with Crippen LogP contribution >= 0.6 is 0 Å². The molecule has 4 heteroatoms. The van der Waals surface area contributed by atoms with E-state index in [1.54, 1.807) is 19.1 Å². The first-order valence-corrected chi connectivity index (χ1v) is 5.09. The number of carbonyl (C=O) groups excluding carboxylic acids is 1. The third-order valence-corrected chi connectivity index (χ3v) is 2.26. The van der Waals surface area contributed by atoms with Crippen LogP contribution in [0.5, 0.6) is 0 Å². The molecule has 0 aliphatic heterocycles. The van der Waals surface area contributed by atoms with E-state index in [1.165, 1.54) is 12.1 Å². The highest BCUT2D eigenvalue weighted by atomic mass is 16.5. The first kappa shape index (κ1) is 12.2. The Labute approximate surface area is 93.9 Å². The zero-order chi connectivity index (χ0) is 12.1. The Kier molecular flexibility index (Phi) is 4.05. The minimum Gasteiger partial charge on any atom is -0.478 e. The van der Waals surface area contributed by atoms with Crippen molar-refractivity contribution in [2.24, 2.45) is 0 Å². The number of benzene rings is 1. The third kappa shape index (κ3) is 2.82. The molecule has 1 N–H and O–H groups in total. The molecule has 0 fully saturated rings. The molecule has 1 atom stereocenters. The van der Waals surface area contributed by atoms with Gasteiger partial charge in [-0.2, -0.15) is 0 Å². The second-order valence-electron chi connectivity index (χ2n) is 3.47. The molecule has 4 nitrogen and oxygen atoms in total. The van der Waals surface area contributed by atoms with E-state index in [0.29, 0.717) is 6.42 Å². The van der Waals surface area contributed by atoms with Crippen molar-refractivity contribution in [2.75, 3.05) is 0 Å². The molecule has 0 saturated heterocycles. The van der Waals surface area contributed by atoms with E-state index in [1.807, 2.05) is 6.92 Å². The Morgan fingerprint density at radius 2 is 1.88 bits per heavy atom. The lowest BCUT2D eigenvalue weighted by molar-refractivity contribution is 0.0328. The summed E-state index contributed by atoms with van der Waals surface area (Å²) in [6, 6.07) is 6.02. The van der Waals surface area contributed by atoms with Gasteiger partial charge in [-0.3, -0.25) is 0 Å². The van der Waals surface area contributed by atoms with Crippen molar-refractivity contribution in [3.05, 3.63) is 35.4 Å². The summed E-state index contributed by atoms with van der Waals surface area (Å²) in [5.74, 6) is -1.72. The summed E-state index contributed by atoms with van der Waals surface area (Å²) < 4.78 is 5.07. The predicted octanol–water partition coefficient (Wildman–Crippen LogP) is 2.34. The second kappa shape index (κ2) is 5.30. The summed E-state index contributed by atoms with van der Waals surface area (Å²) in [5.41, 5.74) is 0.0612. The van der Waals surface area contributed by atoms with Crippen molar-refractivity contribution < 1.29 is 19.4 Å². The highest BCUT2D eigenvalue weighted by Gasteiger charge is 2.18. The van der Waals surface area contributed by atoms with Crippen LogP contribution in [0.4, 0.5) is 0 Å². The van der Waals surface area contributed by atoms with Crippen LogP contribution in [0, 0.1) is 0 Å². The summed E-state index contributed by atoms with van der Waals surface area (Å²) in [5, 5.41) is 8.90. The summed E-state index contributed by atoms with van der Waals surface area (Å²) in [6.45, 7) is 3.66. The van der Waals surface area contributed by atoms with Crippen LogP contribution in [0.1, 0.15) is 41.0 Å². The van der Waals surface area contributed by atoms with Gasteiger partial charge in [0.1, 0.15) is 0 Å². The summed E-state index contributed by atoms with van der Waals surface area (Å²) in [7, 11) is 0. The molecule has 0 amide bonds. The van der Waals surface area contributed by atoms with Crippen molar-refractivity contribution in [1.29, 1.82) is 0 Å². The molecule has 0 aliphatic carbocycles. The molecule has 0 heterocycles. The SMILES string of the molecule is CC[C@H](C)OC(=O)c1ccccc1C(=O)O. The maximum absolute atomic E-state index is 11.7. The molecule has 1 aromatic carbocycles. The molecule has 0 bridgehead atoms. The quantitative estimate of drug-likeness (QED) is 0.794. The Balaban J connectivity index is 2.95. The van der Waals surface area contributed by atoms with E-state index in [-0.39, 0.29) is 17.2 Å². The fourth-order valence-corrected chi connectivity index (χ4v) is 1.18. The molecule has 86 valence electrons. The van der Waals surface area contributed by atoms with Gasteiger partial charge in [0.2, 0.25) is 0 Å². The van der Waals surface area contributed by atoms with Gasteiger partial charge in [-0.15, -0.1) is 0 Å². The van der Waals surface area contributed by atoms with E-state index >= 15 is 0 Å². The van der Waals surface area contributed by atoms with Crippen LogP contribution < -0.4 is 0 Å². The number of rotatable bonds is 4. The van der Waals surface area contributed by atoms with Crippen LogP contribution in [-0.2, 0) is 4.74 Å². The van der Waals surface area contributed by atoms with E-state index in [2.05, 4.69) is 0 Å².